The molecule has 2 heterocycles. The maximum atomic E-state index is 10.8. The van der Waals surface area contributed by atoms with E-state index in [1.807, 2.05) is 31.2 Å². The average molecular weight is 317 g/mol. The Morgan fingerprint density at radius 1 is 1.33 bits per heavy atom. The van der Waals surface area contributed by atoms with E-state index in [0.717, 1.165) is 30.8 Å². The average Bonchev–Trinajstić information content (AvgIpc) is 2.78. The van der Waals surface area contributed by atoms with Crippen LogP contribution in [-0.4, -0.2) is 26.0 Å². The highest BCUT2D eigenvalue weighted by Crippen LogP contribution is 2.34. The molecule has 1 aromatic carbocycles. The summed E-state index contributed by atoms with van der Waals surface area (Å²) >= 11 is 2.84. The van der Waals surface area contributed by atoms with Gasteiger partial charge in [-0.2, -0.15) is 0 Å². The van der Waals surface area contributed by atoms with Crippen LogP contribution in [0.4, 0.5) is 0 Å². The first-order valence-corrected chi connectivity index (χ1v) is 7.82. The Morgan fingerprint density at radius 2 is 2.14 bits per heavy atom. The summed E-state index contributed by atoms with van der Waals surface area (Å²) in [5.41, 5.74) is 1.65. The number of hydrogen-bond donors (Lipinski definition) is 1. The number of aromatic nitrogens is 3. The summed E-state index contributed by atoms with van der Waals surface area (Å²) in [6, 6.07) is 7.78. The third kappa shape index (κ3) is 3.03. The number of hydrogen-bond acceptors (Lipinski definition) is 6. The van der Waals surface area contributed by atoms with Crippen LogP contribution in [0.25, 0.3) is 10.9 Å². The molecule has 0 atom stereocenters. The summed E-state index contributed by atoms with van der Waals surface area (Å²) < 4.78 is 0.799. The van der Waals surface area contributed by atoms with E-state index in [0.29, 0.717) is 0 Å². The number of aryl methyl sites for hydroxylation is 1. The lowest BCUT2D eigenvalue weighted by Gasteiger charge is -2.01. The first-order chi connectivity index (χ1) is 10.1. The highest BCUT2D eigenvalue weighted by Gasteiger charge is 2.13. The lowest BCUT2D eigenvalue weighted by Crippen LogP contribution is -1.99. The molecule has 0 aliphatic carbocycles. The largest absolute Gasteiger partial charge is 0.481 e. The van der Waals surface area contributed by atoms with Gasteiger partial charge in [-0.05, 0) is 24.8 Å². The van der Waals surface area contributed by atoms with Crippen LogP contribution in [0.3, 0.4) is 0 Å². The van der Waals surface area contributed by atoms with Gasteiger partial charge in [-0.3, -0.25) is 4.79 Å². The third-order valence-electron chi connectivity index (χ3n) is 2.88. The van der Waals surface area contributed by atoms with E-state index in [1.165, 1.54) is 29.4 Å². The molecular formula is C14H11N3O2S2. The number of carboxylic acid groups (broad SMARTS) is 1. The van der Waals surface area contributed by atoms with Crippen molar-refractivity contribution in [3.05, 3.63) is 41.2 Å². The Bertz CT molecular complexity index is 812. The molecule has 3 aromatic rings. The number of fused-ring (bicyclic) bond motifs is 1. The Morgan fingerprint density at radius 3 is 2.95 bits per heavy atom. The van der Waals surface area contributed by atoms with Gasteiger partial charge in [0.2, 0.25) is 0 Å². The molecule has 7 heteroatoms. The Kier molecular flexibility index (Phi) is 3.85. The molecule has 21 heavy (non-hydrogen) atoms. The van der Waals surface area contributed by atoms with Crippen LogP contribution in [0, 0.1) is 6.92 Å². The van der Waals surface area contributed by atoms with Gasteiger partial charge in [0.1, 0.15) is 11.4 Å². The van der Waals surface area contributed by atoms with E-state index in [2.05, 4.69) is 15.0 Å². The molecule has 3 rings (SSSR count). The molecule has 0 amide bonds. The van der Waals surface area contributed by atoms with Crippen LogP contribution >= 0.6 is 23.1 Å². The van der Waals surface area contributed by atoms with Crippen LogP contribution < -0.4 is 0 Å². The number of para-hydroxylation sites is 1. The minimum absolute atomic E-state index is 0.00851. The zero-order valence-electron chi connectivity index (χ0n) is 11.1. The zero-order valence-corrected chi connectivity index (χ0v) is 12.7. The minimum Gasteiger partial charge on any atom is -0.481 e. The predicted octanol–water partition coefficient (Wildman–Crippen LogP) is 3.17. The zero-order chi connectivity index (χ0) is 14.8. The predicted molar refractivity (Wildman–Crippen MR) is 81.9 cm³/mol. The van der Waals surface area contributed by atoms with Gasteiger partial charge in [0.05, 0.1) is 17.6 Å². The van der Waals surface area contributed by atoms with Crippen molar-refractivity contribution in [1.82, 2.24) is 15.0 Å². The number of carboxylic acids is 1. The highest BCUT2D eigenvalue weighted by atomic mass is 32.2. The van der Waals surface area contributed by atoms with Crippen molar-refractivity contribution in [3.8, 4) is 0 Å². The normalized spacial score (nSPS) is 10.9. The molecule has 0 radical (unpaired) electrons. The first-order valence-electron chi connectivity index (χ1n) is 6.19. The van der Waals surface area contributed by atoms with E-state index in [4.69, 9.17) is 5.11 Å². The quantitative estimate of drug-likeness (QED) is 0.745. The maximum absolute atomic E-state index is 10.8. The molecule has 0 aliphatic rings. The van der Waals surface area contributed by atoms with Crippen LogP contribution in [0.1, 0.15) is 10.6 Å². The fraction of sp³-hybridized carbons (Fsp3) is 0.143. The number of carbonyl (C=O) groups is 1. The highest BCUT2D eigenvalue weighted by molar-refractivity contribution is 8.01. The topological polar surface area (TPSA) is 76.0 Å². The molecule has 0 saturated carbocycles. The summed E-state index contributed by atoms with van der Waals surface area (Å²) in [7, 11) is 0. The molecular weight excluding hydrogens is 306 g/mol. The van der Waals surface area contributed by atoms with E-state index < -0.39 is 5.97 Å². The molecule has 106 valence electrons. The maximum Gasteiger partial charge on any atom is 0.308 e. The number of benzene rings is 1. The van der Waals surface area contributed by atoms with Gasteiger partial charge in [-0.15, -0.1) is 11.3 Å². The van der Waals surface area contributed by atoms with Gasteiger partial charge in [0, 0.05) is 10.3 Å². The smallest absolute Gasteiger partial charge is 0.308 e. The van der Waals surface area contributed by atoms with Crippen molar-refractivity contribution < 1.29 is 9.90 Å². The molecule has 0 spiro atoms. The Balaban J connectivity index is 1.94. The summed E-state index contributed by atoms with van der Waals surface area (Å²) in [5.74, 6) is -0.842. The van der Waals surface area contributed by atoms with Crippen molar-refractivity contribution in [3.63, 3.8) is 0 Å². The van der Waals surface area contributed by atoms with Crippen LogP contribution in [0.15, 0.2) is 40.0 Å². The molecule has 1 N–H and O–H groups in total. The van der Waals surface area contributed by atoms with Crippen molar-refractivity contribution in [2.45, 2.75) is 22.7 Å². The van der Waals surface area contributed by atoms with E-state index in [-0.39, 0.29) is 6.42 Å². The number of rotatable bonds is 4. The molecule has 2 aromatic heterocycles. The number of nitrogens with zero attached hydrogens (tertiary/aromatic N) is 3. The second-order valence-electron chi connectivity index (χ2n) is 4.36. The molecule has 0 fully saturated rings. The summed E-state index contributed by atoms with van der Waals surface area (Å²) in [6.07, 6.45) is 1.54. The second kappa shape index (κ2) is 5.79. The summed E-state index contributed by atoms with van der Waals surface area (Å²) in [6.45, 7) is 1.83. The molecule has 0 aliphatic heterocycles. The van der Waals surface area contributed by atoms with Crippen LogP contribution in [0.2, 0.25) is 0 Å². The fourth-order valence-electron chi connectivity index (χ4n) is 1.89. The Labute approximate surface area is 129 Å². The molecule has 0 saturated heterocycles. The molecule has 5 nitrogen and oxygen atoms in total. The van der Waals surface area contributed by atoms with E-state index in [9.17, 15) is 4.79 Å². The van der Waals surface area contributed by atoms with Crippen LogP contribution in [0.5, 0.6) is 0 Å². The van der Waals surface area contributed by atoms with Gasteiger partial charge < -0.3 is 5.11 Å². The molecule has 0 unspecified atom stereocenters. The van der Waals surface area contributed by atoms with E-state index >= 15 is 0 Å². The summed E-state index contributed by atoms with van der Waals surface area (Å²) in [5, 5.41) is 10.7. The lowest BCUT2D eigenvalue weighted by molar-refractivity contribution is -0.136. The van der Waals surface area contributed by atoms with Gasteiger partial charge >= 0.3 is 5.97 Å². The van der Waals surface area contributed by atoms with Gasteiger partial charge in [-0.25, -0.2) is 15.0 Å². The van der Waals surface area contributed by atoms with Crippen molar-refractivity contribution in [1.29, 1.82) is 0 Å². The van der Waals surface area contributed by atoms with Gasteiger partial charge in [-0.1, -0.05) is 18.2 Å². The minimum atomic E-state index is -0.842. The Hall–Kier alpha value is -1.99. The van der Waals surface area contributed by atoms with E-state index in [1.54, 1.807) is 0 Å². The number of thiazole rings is 1. The lowest BCUT2D eigenvalue weighted by atomic mass is 10.2. The summed E-state index contributed by atoms with van der Waals surface area (Å²) in [4.78, 5) is 24.5. The number of aliphatic carboxylic acids is 1. The third-order valence-corrected chi connectivity index (χ3v) is 5.11. The molecule has 0 bridgehead atoms. The monoisotopic (exact) mass is 317 g/mol. The van der Waals surface area contributed by atoms with Gasteiger partial charge in [0.15, 0.2) is 4.34 Å². The van der Waals surface area contributed by atoms with Crippen molar-refractivity contribution >= 4 is 40.0 Å². The first kappa shape index (κ1) is 14.0. The standard InChI is InChI=1S/C14H11N3O2S2/c1-8-11(6-12(18)19)20-14(17-8)21-13-9-4-2-3-5-10(9)15-7-16-13/h2-5,7H,6H2,1H3,(H,18,19). The van der Waals surface area contributed by atoms with Crippen molar-refractivity contribution in [2.24, 2.45) is 0 Å². The van der Waals surface area contributed by atoms with Crippen molar-refractivity contribution in [2.75, 3.05) is 0 Å². The van der Waals surface area contributed by atoms with Gasteiger partial charge in [0.25, 0.3) is 0 Å². The fourth-order valence-corrected chi connectivity index (χ4v) is 4.11. The second-order valence-corrected chi connectivity index (χ2v) is 6.68. The van der Waals surface area contributed by atoms with Crippen LogP contribution in [-0.2, 0) is 11.2 Å². The SMILES string of the molecule is Cc1nc(Sc2ncnc3ccccc23)sc1CC(=O)O.